The molecule has 3 rings (SSSR count). The molecule has 1 N–H and O–H groups in total. The van der Waals surface area contributed by atoms with Crippen LogP contribution < -0.4 is 5.32 Å². The van der Waals surface area contributed by atoms with Gasteiger partial charge in [-0.25, -0.2) is 4.98 Å². The highest BCUT2D eigenvalue weighted by Gasteiger charge is 2.08. The fraction of sp³-hybridized carbons (Fsp3) is 0.158. The molecule has 0 unspecified atom stereocenters. The molecule has 0 saturated heterocycles. The highest BCUT2D eigenvalue weighted by molar-refractivity contribution is 5.76. The molecule has 0 aliphatic carbocycles. The fourth-order valence-corrected chi connectivity index (χ4v) is 2.27. The Morgan fingerprint density at radius 2 is 1.70 bits per heavy atom. The summed E-state index contributed by atoms with van der Waals surface area (Å²) in [7, 11) is 0. The van der Waals surface area contributed by atoms with Gasteiger partial charge in [0.2, 0.25) is 5.91 Å². The van der Waals surface area contributed by atoms with Gasteiger partial charge in [-0.3, -0.25) is 4.79 Å². The molecule has 3 aromatic rings. The number of nitrogens with one attached hydrogen (secondary N) is 1. The maximum absolute atomic E-state index is 11.9. The molecule has 1 aromatic heterocycles. The number of aryl methyl sites for hydroxylation is 1. The highest BCUT2D eigenvalue weighted by Crippen LogP contribution is 2.20. The number of hydrogen-bond acceptors (Lipinski definition) is 3. The van der Waals surface area contributed by atoms with E-state index in [4.69, 9.17) is 4.42 Å². The zero-order chi connectivity index (χ0) is 15.9. The third-order valence-corrected chi connectivity index (χ3v) is 3.51. The normalized spacial score (nSPS) is 10.4. The van der Waals surface area contributed by atoms with E-state index in [2.05, 4.69) is 10.3 Å². The monoisotopic (exact) mass is 306 g/mol. The molecule has 2 aromatic carbocycles. The molecule has 0 radical (unpaired) electrons. The van der Waals surface area contributed by atoms with Crippen LogP contribution >= 0.6 is 0 Å². The van der Waals surface area contributed by atoms with Crippen molar-refractivity contribution in [3.8, 4) is 11.3 Å². The number of amides is 1. The molecule has 0 bridgehead atoms. The Morgan fingerprint density at radius 1 is 1.00 bits per heavy atom. The van der Waals surface area contributed by atoms with Gasteiger partial charge in [-0.05, 0) is 5.56 Å². The number of rotatable bonds is 6. The van der Waals surface area contributed by atoms with E-state index in [9.17, 15) is 4.79 Å². The van der Waals surface area contributed by atoms with E-state index in [0.717, 1.165) is 16.9 Å². The molecule has 0 atom stereocenters. The minimum absolute atomic E-state index is 0.00619. The van der Waals surface area contributed by atoms with Crippen LogP contribution in [0.3, 0.4) is 0 Å². The molecule has 0 aliphatic rings. The van der Waals surface area contributed by atoms with Crippen LogP contribution in [0.25, 0.3) is 11.3 Å². The van der Waals surface area contributed by atoms with Crippen LogP contribution in [0.5, 0.6) is 0 Å². The molecular weight excluding hydrogens is 288 g/mol. The standard InChI is InChI=1S/C19H18N2O2/c22-18(20-13-15-7-3-1-4-8-15)11-12-19-21-14-17(23-19)16-9-5-2-6-10-16/h1-10,14H,11-13H2,(H,20,22). The SMILES string of the molecule is O=C(CCc1ncc(-c2ccccc2)o1)NCc1ccccc1. The van der Waals surface area contributed by atoms with Gasteiger partial charge in [0.1, 0.15) is 0 Å². The van der Waals surface area contributed by atoms with Gasteiger partial charge in [0.15, 0.2) is 11.7 Å². The summed E-state index contributed by atoms with van der Waals surface area (Å²) in [6, 6.07) is 19.6. The summed E-state index contributed by atoms with van der Waals surface area (Å²) in [4.78, 5) is 16.1. The Labute approximate surface area is 135 Å². The maximum atomic E-state index is 11.9. The zero-order valence-electron chi connectivity index (χ0n) is 12.7. The number of aromatic nitrogens is 1. The average Bonchev–Trinajstić information content (AvgIpc) is 3.09. The molecule has 1 heterocycles. The molecule has 0 fully saturated rings. The van der Waals surface area contributed by atoms with E-state index in [0.29, 0.717) is 25.3 Å². The van der Waals surface area contributed by atoms with E-state index in [1.807, 2.05) is 60.7 Å². The second-order valence-electron chi connectivity index (χ2n) is 5.25. The molecule has 0 aliphatic heterocycles. The van der Waals surface area contributed by atoms with Crippen LogP contribution in [-0.2, 0) is 17.8 Å². The summed E-state index contributed by atoms with van der Waals surface area (Å²) in [5, 5.41) is 2.90. The van der Waals surface area contributed by atoms with Gasteiger partial charge in [-0.2, -0.15) is 0 Å². The van der Waals surface area contributed by atoms with Gasteiger partial charge in [-0.1, -0.05) is 60.7 Å². The Hall–Kier alpha value is -2.88. The summed E-state index contributed by atoms with van der Waals surface area (Å²) in [5.74, 6) is 1.30. The lowest BCUT2D eigenvalue weighted by Gasteiger charge is -2.04. The summed E-state index contributed by atoms with van der Waals surface area (Å²) in [6.45, 7) is 0.542. The van der Waals surface area contributed by atoms with Crippen LogP contribution in [0.2, 0.25) is 0 Å². The lowest BCUT2D eigenvalue weighted by atomic mass is 10.2. The van der Waals surface area contributed by atoms with Crippen molar-refractivity contribution in [2.24, 2.45) is 0 Å². The van der Waals surface area contributed by atoms with Crippen molar-refractivity contribution in [2.75, 3.05) is 0 Å². The van der Waals surface area contributed by atoms with Crippen molar-refractivity contribution in [3.05, 3.63) is 78.3 Å². The molecule has 0 spiro atoms. The third-order valence-electron chi connectivity index (χ3n) is 3.51. The van der Waals surface area contributed by atoms with E-state index >= 15 is 0 Å². The van der Waals surface area contributed by atoms with Crippen LogP contribution in [0.15, 0.2) is 71.3 Å². The van der Waals surface area contributed by atoms with E-state index in [-0.39, 0.29) is 5.91 Å². The first-order valence-electron chi connectivity index (χ1n) is 7.62. The minimum Gasteiger partial charge on any atom is -0.441 e. The third kappa shape index (κ3) is 4.30. The Bertz CT molecular complexity index is 751. The Kier molecular flexibility index (Phi) is 4.84. The van der Waals surface area contributed by atoms with Gasteiger partial charge in [0.05, 0.1) is 6.20 Å². The van der Waals surface area contributed by atoms with Crippen LogP contribution in [0, 0.1) is 0 Å². The predicted molar refractivity (Wildman–Crippen MR) is 88.5 cm³/mol. The largest absolute Gasteiger partial charge is 0.441 e. The van der Waals surface area contributed by atoms with E-state index < -0.39 is 0 Å². The fourth-order valence-electron chi connectivity index (χ4n) is 2.27. The molecular formula is C19H18N2O2. The molecule has 0 saturated carbocycles. The van der Waals surface area contributed by atoms with Crippen LogP contribution in [0.4, 0.5) is 0 Å². The van der Waals surface area contributed by atoms with Gasteiger partial charge in [-0.15, -0.1) is 0 Å². The lowest BCUT2D eigenvalue weighted by molar-refractivity contribution is -0.121. The first-order chi connectivity index (χ1) is 11.3. The zero-order valence-corrected chi connectivity index (χ0v) is 12.7. The van der Waals surface area contributed by atoms with Crippen molar-refractivity contribution in [2.45, 2.75) is 19.4 Å². The number of benzene rings is 2. The molecule has 4 nitrogen and oxygen atoms in total. The van der Waals surface area contributed by atoms with E-state index in [1.165, 1.54) is 0 Å². The second kappa shape index (κ2) is 7.40. The first-order valence-corrected chi connectivity index (χ1v) is 7.62. The molecule has 1 amide bonds. The number of oxazole rings is 1. The second-order valence-corrected chi connectivity index (χ2v) is 5.25. The van der Waals surface area contributed by atoms with Gasteiger partial charge >= 0.3 is 0 Å². The van der Waals surface area contributed by atoms with Crippen molar-refractivity contribution in [1.29, 1.82) is 0 Å². The summed E-state index contributed by atoms with van der Waals surface area (Å²) < 4.78 is 5.69. The maximum Gasteiger partial charge on any atom is 0.220 e. The summed E-state index contributed by atoms with van der Waals surface area (Å²) in [6.07, 6.45) is 2.56. The molecule has 23 heavy (non-hydrogen) atoms. The van der Waals surface area contributed by atoms with Crippen LogP contribution in [0.1, 0.15) is 17.9 Å². The number of carbonyl (C=O) groups excluding carboxylic acids is 1. The summed E-state index contributed by atoms with van der Waals surface area (Å²) in [5.41, 5.74) is 2.07. The topological polar surface area (TPSA) is 55.1 Å². The highest BCUT2D eigenvalue weighted by atomic mass is 16.4. The van der Waals surface area contributed by atoms with Gasteiger partial charge in [0.25, 0.3) is 0 Å². The smallest absolute Gasteiger partial charge is 0.220 e. The van der Waals surface area contributed by atoms with E-state index in [1.54, 1.807) is 6.20 Å². The Morgan fingerprint density at radius 3 is 2.43 bits per heavy atom. The van der Waals surface area contributed by atoms with Crippen molar-refractivity contribution >= 4 is 5.91 Å². The molecule has 116 valence electrons. The molecule has 4 heteroatoms. The quantitative estimate of drug-likeness (QED) is 0.757. The van der Waals surface area contributed by atoms with Crippen LogP contribution in [-0.4, -0.2) is 10.9 Å². The number of hydrogen-bond donors (Lipinski definition) is 1. The van der Waals surface area contributed by atoms with Crippen molar-refractivity contribution in [3.63, 3.8) is 0 Å². The average molecular weight is 306 g/mol. The van der Waals surface area contributed by atoms with Gasteiger partial charge < -0.3 is 9.73 Å². The lowest BCUT2D eigenvalue weighted by Crippen LogP contribution is -2.22. The summed E-state index contributed by atoms with van der Waals surface area (Å²) >= 11 is 0. The minimum atomic E-state index is -0.00619. The van der Waals surface area contributed by atoms with Crippen molar-refractivity contribution < 1.29 is 9.21 Å². The Balaban J connectivity index is 1.49. The van der Waals surface area contributed by atoms with Gasteiger partial charge in [0, 0.05) is 24.9 Å². The number of carbonyl (C=O) groups is 1. The number of nitrogens with zero attached hydrogens (tertiary/aromatic N) is 1. The predicted octanol–water partition coefficient (Wildman–Crippen LogP) is 3.59. The van der Waals surface area contributed by atoms with Crippen molar-refractivity contribution in [1.82, 2.24) is 10.3 Å². The first kappa shape index (κ1) is 15.0.